The predicted octanol–water partition coefficient (Wildman–Crippen LogP) is 4.53. The van der Waals surface area contributed by atoms with Gasteiger partial charge in [0, 0.05) is 21.6 Å². The van der Waals surface area contributed by atoms with Gasteiger partial charge in [0.2, 0.25) is 0 Å². The first-order chi connectivity index (χ1) is 9.56. The quantitative estimate of drug-likeness (QED) is 0.568. The standard InChI is InChI=1S/C15H18ClIN2O/c1-10(2)18-7-3-4-15-19-9-14(20-15)11-5-6-13(17)12(16)8-11/h5-6,8-10,18H,3-4,7H2,1-2H3. The fourth-order valence-electron chi connectivity index (χ4n) is 1.84. The highest BCUT2D eigenvalue weighted by atomic mass is 127. The molecule has 1 heterocycles. The molecule has 2 aromatic rings. The second kappa shape index (κ2) is 7.43. The van der Waals surface area contributed by atoms with Gasteiger partial charge in [0.1, 0.15) is 0 Å². The van der Waals surface area contributed by atoms with Gasteiger partial charge in [-0.2, -0.15) is 0 Å². The monoisotopic (exact) mass is 404 g/mol. The van der Waals surface area contributed by atoms with E-state index >= 15 is 0 Å². The van der Waals surface area contributed by atoms with Crippen LogP contribution < -0.4 is 5.32 Å². The zero-order chi connectivity index (χ0) is 14.5. The van der Waals surface area contributed by atoms with Gasteiger partial charge in [-0.15, -0.1) is 0 Å². The van der Waals surface area contributed by atoms with Crippen molar-refractivity contribution in [2.45, 2.75) is 32.7 Å². The van der Waals surface area contributed by atoms with Crippen LogP contribution in [0.5, 0.6) is 0 Å². The Kier molecular flexibility index (Phi) is 5.86. The molecule has 0 fully saturated rings. The lowest BCUT2D eigenvalue weighted by Crippen LogP contribution is -2.23. The van der Waals surface area contributed by atoms with E-state index in [1.807, 2.05) is 18.2 Å². The Morgan fingerprint density at radius 3 is 2.90 bits per heavy atom. The van der Waals surface area contributed by atoms with Gasteiger partial charge < -0.3 is 9.73 Å². The Bertz CT molecular complexity index is 569. The van der Waals surface area contributed by atoms with Crippen molar-refractivity contribution in [1.82, 2.24) is 10.3 Å². The molecule has 0 bridgehead atoms. The SMILES string of the molecule is CC(C)NCCCc1ncc(-c2ccc(I)c(Cl)c2)o1. The van der Waals surface area contributed by atoms with Crippen molar-refractivity contribution in [1.29, 1.82) is 0 Å². The summed E-state index contributed by atoms with van der Waals surface area (Å²) < 4.78 is 6.81. The van der Waals surface area contributed by atoms with Gasteiger partial charge in [0.05, 0.1) is 11.2 Å². The minimum atomic E-state index is 0.518. The van der Waals surface area contributed by atoms with Crippen molar-refractivity contribution in [3.8, 4) is 11.3 Å². The number of rotatable bonds is 6. The Morgan fingerprint density at radius 2 is 2.20 bits per heavy atom. The Balaban J connectivity index is 1.96. The largest absolute Gasteiger partial charge is 0.441 e. The third kappa shape index (κ3) is 4.46. The van der Waals surface area contributed by atoms with E-state index in [0.717, 1.165) is 45.2 Å². The Labute approximate surface area is 138 Å². The van der Waals surface area contributed by atoms with Crippen molar-refractivity contribution in [2.75, 3.05) is 6.54 Å². The molecule has 108 valence electrons. The predicted molar refractivity (Wildman–Crippen MR) is 91.1 cm³/mol. The number of oxazole rings is 1. The van der Waals surface area contributed by atoms with Crippen LogP contribution in [0.25, 0.3) is 11.3 Å². The van der Waals surface area contributed by atoms with Gasteiger partial charge in [-0.05, 0) is 47.7 Å². The van der Waals surface area contributed by atoms with Gasteiger partial charge in [-0.1, -0.05) is 31.5 Å². The molecular formula is C15H18ClIN2O. The number of nitrogens with zero attached hydrogens (tertiary/aromatic N) is 1. The molecule has 0 aliphatic carbocycles. The maximum atomic E-state index is 6.12. The summed E-state index contributed by atoms with van der Waals surface area (Å²) in [6, 6.07) is 6.41. The summed E-state index contributed by atoms with van der Waals surface area (Å²) in [6.45, 7) is 5.26. The number of hydrogen-bond acceptors (Lipinski definition) is 3. The van der Waals surface area contributed by atoms with Crippen LogP contribution >= 0.6 is 34.2 Å². The van der Waals surface area contributed by atoms with E-state index in [1.54, 1.807) is 6.20 Å². The van der Waals surface area contributed by atoms with Gasteiger partial charge in [0.15, 0.2) is 11.7 Å². The third-order valence-electron chi connectivity index (χ3n) is 2.88. The minimum Gasteiger partial charge on any atom is -0.441 e. The molecule has 0 saturated carbocycles. The highest BCUT2D eigenvalue weighted by molar-refractivity contribution is 14.1. The van der Waals surface area contributed by atoms with E-state index in [0.29, 0.717) is 6.04 Å². The zero-order valence-electron chi connectivity index (χ0n) is 11.6. The molecule has 0 saturated heterocycles. The molecule has 0 amide bonds. The number of hydrogen-bond donors (Lipinski definition) is 1. The van der Waals surface area contributed by atoms with Gasteiger partial charge in [-0.25, -0.2) is 4.98 Å². The van der Waals surface area contributed by atoms with Crippen molar-refractivity contribution in [3.05, 3.63) is 38.9 Å². The first kappa shape index (κ1) is 15.8. The fraction of sp³-hybridized carbons (Fsp3) is 0.400. The molecule has 0 spiro atoms. The number of nitrogens with one attached hydrogen (secondary N) is 1. The molecule has 3 nitrogen and oxygen atoms in total. The van der Waals surface area contributed by atoms with E-state index in [9.17, 15) is 0 Å². The van der Waals surface area contributed by atoms with E-state index in [1.165, 1.54) is 0 Å². The second-order valence-corrected chi connectivity index (χ2v) is 6.53. The van der Waals surface area contributed by atoms with E-state index < -0.39 is 0 Å². The van der Waals surface area contributed by atoms with E-state index in [2.05, 4.69) is 46.7 Å². The average Bonchev–Trinajstić information content (AvgIpc) is 2.86. The van der Waals surface area contributed by atoms with Gasteiger partial charge >= 0.3 is 0 Å². The zero-order valence-corrected chi connectivity index (χ0v) is 14.5. The number of benzene rings is 1. The maximum Gasteiger partial charge on any atom is 0.194 e. The summed E-state index contributed by atoms with van der Waals surface area (Å²) in [7, 11) is 0. The molecule has 5 heteroatoms. The van der Waals surface area contributed by atoms with Gasteiger partial charge in [-0.3, -0.25) is 0 Å². The minimum absolute atomic E-state index is 0.518. The van der Waals surface area contributed by atoms with E-state index in [-0.39, 0.29) is 0 Å². The smallest absolute Gasteiger partial charge is 0.194 e. The Morgan fingerprint density at radius 1 is 1.40 bits per heavy atom. The number of aryl methyl sites for hydroxylation is 1. The van der Waals surface area contributed by atoms with Crippen LogP contribution in [-0.4, -0.2) is 17.6 Å². The molecule has 0 aliphatic rings. The normalized spacial score (nSPS) is 11.2. The second-order valence-electron chi connectivity index (χ2n) is 4.96. The summed E-state index contributed by atoms with van der Waals surface area (Å²) in [5.41, 5.74) is 0.967. The summed E-state index contributed by atoms with van der Waals surface area (Å²) in [5.74, 6) is 1.55. The van der Waals surface area contributed by atoms with Crippen molar-refractivity contribution >= 4 is 34.2 Å². The summed E-state index contributed by atoms with van der Waals surface area (Å²) in [6.07, 6.45) is 3.63. The van der Waals surface area contributed by atoms with Crippen molar-refractivity contribution in [3.63, 3.8) is 0 Å². The summed E-state index contributed by atoms with van der Waals surface area (Å²) in [4.78, 5) is 4.32. The lowest BCUT2D eigenvalue weighted by Gasteiger charge is -2.05. The van der Waals surface area contributed by atoms with Crippen molar-refractivity contribution in [2.24, 2.45) is 0 Å². The molecule has 1 aromatic carbocycles. The number of halogens is 2. The van der Waals surface area contributed by atoms with Gasteiger partial charge in [0.25, 0.3) is 0 Å². The fourth-order valence-corrected chi connectivity index (χ4v) is 2.36. The maximum absolute atomic E-state index is 6.12. The molecule has 0 radical (unpaired) electrons. The molecule has 0 unspecified atom stereocenters. The lowest BCUT2D eigenvalue weighted by atomic mass is 10.2. The van der Waals surface area contributed by atoms with Crippen LogP contribution in [0.4, 0.5) is 0 Å². The third-order valence-corrected chi connectivity index (χ3v) is 4.45. The first-order valence-corrected chi connectivity index (χ1v) is 8.15. The van der Waals surface area contributed by atoms with Crippen LogP contribution in [-0.2, 0) is 6.42 Å². The highest BCUT2D eigenvalue weighted by Crippen LogP contribution is 2.27. The van der Waals surface area contributed by atoms with Crippen LogP contribution in [0.15, 0.2) is 28.8 Å². The first-order valence-electron chi connectivity index (χ1n) is 6.70. The summed E-state index contributed by atoms with van der Waals surface area (Å²) >= 11 is 8.33. The topological polar surface area (TPSA) is 38.1 Å². The lowest BCUT2D eigenvalue weighted by molar-refractivity contribution is 0.484. The average molecular weight is 405 g/mol. The van der Waals surface area contributed by atoms with E-state index in [4.69, 9.17) is 16.0 Å². The van der Waals surface area contributed by atoms with Crippen LogP contribution in [0.3, 0.4) is 0 Å². The van der Waals surface area contributed by atoms with Crippen LogP contribution in [0, 0.1) is 3.57 Å². The molecular weight excluding hydrogens is 387 g/mol. The number of aromatic nitrogens is 1. The Hall–Kier alpha value is -0.590. The summed E-state index contributed by atoms with van der Waals surface area (Å²) in [5, 5.41) is 4.12. The molecule has 1 aromatic heterocycles. The molecule has 0 atom stereocenters. The molecule has 0 aliphatic heterocycles. The highest BCUT2D eigenvalue weighted by Gasteiger charge is 2.08. The molecule has 20 heavy (non-hydrogen) atoms. The molecule has 2 rings (SSSR count). The van der Waals surface area contributed by atoms with Crippen molar-refractivity contribution < 1.29 is 4.42 Å². The van der Waals surface area contributed by atoms with Crippen LogP contribution in [0.1, 0.15) is 26.2 Å². The van der Waals surface area contributed by atoms with Crippen LogP contribution in [0.2, 0.25) is 5.02 Å². The molecule has 1 N–H and O–H groups in total.